The molecular weight excluding hydrogens is 316 g/mol. The van der Waals surface area contributed by atoms with Crippen LogP contribution >= 0.6 is 15.9 Å². The van der Waals surface area contributed by atoms with Gasteiger partial charge >= 0.3 is 0 Å². The Kier molecular flexibility index (Phi) is 3.83. The number of pyridine rings is 1. The first-order valence-corrected chi connectivity index (χ1v) is 7.97. The number of methoxy groups -OCH3 is 1. The standard InChI is InChI=1S/C16H19BrN2O/c1-3-18-15-10-6-4-5-7-12(10)19-16-13(20-2)9-8-11(17)14(15)16/h8-9H,3-7H2,1-2H3,(H,18,19). The predicted molar refractivity (Wildman–Crippen MR) is 86.8 cm³/mol. The molecule has 0 unspecified atom stereocenters. The van der Waals surface area contributed by atoms with Crippen molar-refractivity contribution in [1.82, 2.24) is 4.98 Å². The van der Waals surface area contributed by atoms with Gasteiger partial charge in [-0.05, 0) is 50.3 Å². The van der Waals surface area contributed by atoms with Crippen molar-refractivity contribution in [2.45, 2.75) is 32.6 Å². The van der Waals surface area contributed by atoms with Crippen molar-refractivity contribution in [2.24, 2.45) is 0 Å². The van der Waals surface area contributed by atoms with E-state index < -0.39 is 0 Å². The Hall–Kier alpha value is -1.29. The number of nitrogens with one attached hydrogen (secondary N) is 1. The minimum atomic E-state index is 0.843. The summed E-state index contributed by atoms with van der Waals surface area (Å²) in [4.78, 5) is 4.90. The molecule has 0 spiro atoms. The van der Waals surface area contributed by atoms with E-state index in [4.69, 9.17) is 9.72 Å². The van der Waals surface area contributed by atoms with Crippen LogP contribution in [0.4, 0.5) is 5.69 Å². The molecule has 0 atom stereocenters. The van der Waals surface area contributed by atoms with Gasteiger partial charge in [-0.1, -0.05) is 15.9 Å². The molecule has 0 saturated heterocycles. The molecule has 3 nitrogen and oxygen atoms in total. The maximum atomic E-state index is 5.50. The van der Waals surface area contributed by atoms with E-state index in [9.17, 15) is 0 Å². The Labute approximate surface area is 127 Å². The van der Waals surface area contributed by atoms with Gasteiger partial charge in [-0.15, -0.1) is 0 Å². The molecule has 0 bridgehead atoms. The minimum Gasteiger partial charge on any atom is -0.494 e. The molecule has 0 aliphatic heterocycles. The maximum Gasteiger partial charge on any atom is 0.145 e. The van der Waals surface area contributed by atoms with Crippen LogP contribution < -0.4 is 10.1 Å². The minimum absolute atomic E-state index is 0.843. The third-order valence-electron chi connectivity index (χ3n) is 3.90. The molecule has 1 aliphatic rings. The van der Waals surface area contributed by atoms with E-state index >= 15 is 0 Å². The van der Waals surface area contributed by atoms with E-state index in [1.54, 1.807) is 7.11 Å². The highest BCUT2D eigenvalue weighted by molar-refractivity contribution is 9.10. The van der Waals surface area contributed by atoms with E-state index in [-0.39, 0.29) is 0 Å². The molecule has 1 aliphatic carbocycles. The number of aryl methyl sites for hydroxylation is 1. The first kappa shape index (κ1) is 13.7. The molecule has 1 aromatic carbocycles. The normalized spacial score (nSPS) is 14.2. The molecular formula is C16H19BrN2O. The lowest BCUT2D eigenvalue weighted by molar-refractivity contribution is 0.418. The Balaban J connectivity index is 2.38. The summed E-state index contributed by atoms with van der Waals surface area (Å²) in [6.07, 6.45) is 4.66. The number of halogens is 1. The third-order valence-corrected chi connectivity index (χ3v) is 4.56. The zero-order chi connectivity index (χ0) is 14.1. The highest BCUT2D eigenvalue weighted by Gasteiger charge is 2.21. The number of rotatable bonds is 3. The van der Waals surface area contributed by atoms with E-state index in [1.807, 2.05) is 12.1 Å². The van der Waals surface area contributed by atoms with Crippen LogP contribution in [0.15, 0.2) is 16.6 Å². The van der Waals surface area contributed by atoms with Crippen molar-refractivity contribution in [3.05, 3.63) is 27.9 Å². The second-order valence-electron chi connectivity index (χ2n) is 5.12. The van der Waals surface area contributed by atoms with Crippen molar-refractivity contribution in [3.63, 3.8) is 0 Å². The third kappa shape index (κ3) is 2.16. The van der Waals surface area contributed by atoms with Crippen molar-refractivity contribution < 1.29 is 4.74 Å². The Morgan fingerprint density at radius 3 is 2.85 bits per heavy atom. The summed E-state index contributed by atoms with van der Waals surface area (Å²) in [6, 6.07) is 4.02. The van der Waals surface area contributed by atoms with Gasteiger partial charge in [0.25, 0.3) is 0 Å². The summed E-state index contributed by atoms with van der Waals surface area (Å²) in [5.41, 5.74) is 4.81. The Morgan fingerprint density at radius 1 is 1.30 bits per heavy atom. The fourth-order valence-electron chi connectivity index (χ4n) is 3.00. The monoisotopic (exact) mass is 334 g/mol. The molecule has 4 heteroatoms. The SMILES string of the molecule is CCNc1c2c(nc3c(OC)ccc(Br)c13)CCCC2. The van der Waals surface area contributed by atoms with Gasteiger partial charge in [0.2, 0.25) is 0 Å². The van der Waals surface area contributed by atoms with Gasteiger partial charge in [0.1, 0.15) is 11.3 Å². The first-order valence-electron chi connectivity index (χ1n) is 7.18. The molecule has 0 amide bonds. The van der Waals surface area contributed by atoms with E-state index in [0.717, 1.165) is 40.5 Å². The molecule has 1 aromatic heterocycles. The second kappa shape index (κ2) is 5.60. The predicted octanol–water partition coefficient (Wildman–Crippen LogP) is 4.32. The van der Waals surface area contributed by atoms with Crippen LogP contribution in [0.1, 0.15) is 31.0 Å². The number of benzene rings is 1. The molecule has 0 radical (unpaired) electrons. The molecule has 0 saturated carbocycles. The summed E-state index contributed by atoms with van der Waals surface area (Å²) in [5.74, 6) is 0.843. The fraction of sp³-hybridized carbons (Fsp3) is 0.438. The lowest BCUT2D eigenvalue weighted by Gasteiger charge is -2.22. The summed E-state index contributed by atoms with van der Waals surface area (Å²) >= 11 is 3.67. The van der Waals surface area contributed by atoms with Gasteiger partial charge in [0.15, 0.2) is 0 Å². The molecule has 0 fully saturated rings. The summed E-state index contributed by atoms with van der Waals surface area (Å²) in [6.45, 7) is 3.05. The van der Waals surface area contributed by atoms with Crippen LogP contribution in [0.25, 0.3) is 10.9 Å². The van der Waals surface area contributed by atoms with Gasteiger partial charge in [-0.25, -0.2) is 4.98 Å². The van der Waals surface area contributed by atoms with Gasteiger partial charge in [-0.3, -0.25) is 0 Å². The highest BCUT2D eigenvalue weighted by Crippen LogP contribution is 2.40. The van der Waals surface area contributed by atoms with Crippen molar-refractivity contribution in [3.8, 4) is 5.75 Å². The van der Waals surface area contributed by atoms with Crippen molar-refractivity contribution in [1.29, 1.82) is 0 Å². The molecule has 20 heavy (non-hydrogen) atoms. The molecule has 3 rings (SSSR count). The average molecular weight is 335 g/mol. The van der Waals surface area contributed by atoms with E-state index in [1.165, 1.54) is 29.8 Å². The Bertz CT molecular complexity index is 655. The zero-order valence-corrected chi connectivity index (χ0v) is 13.5. The van der Waals surface area contributed by atoms with Crippen LogP contribution in [0.5, 0.6) is 5.75 Å². The number of fused-ring (bicyclic) bond motifs is 2. The maximum absolute atomic E-state index is 5.50. The summed E-state index contributed by atoms with van der Waals surface area (Å²) in [5, 5.41) is 4.69. The number of hydrogen-bond acceptors (Lipinski definition) is 3. The summed E-state index contributed by atoms with van der Waals surface area (Å²) in [7, 11) is 1.71. The quantitative estimate of drug-likeness (QED) is 0.907. The largest absolute Gasteiger partial charge is 0.494 e. The Morgan fingerprint density at radius 2 is 2.10 bits per heavy atom. The van der Waals surface area contributed by atoms with Crippen LogP contribution in [-0.4, -0.2) is 18.6 Å². The second-order valence-corrected chi connectivity index (χ2v) is 5.98. The number of aromatic nitrogens is 1. The van der Waals surface area contributed by atoms with E-state index in [0.29, 0.717) is 0 Å². The lowest BCUT2D eigenvalue weighted by Crippen LogP contribution is -2.11. The van der Waals surface area contributed by atoms with Gasteiger partial charge in [0.05, 0.1) is 7.11 Å². The van der Waals surface area contributed by atoms with Crippen LogP contribution in [0.3, 0.4) is 0 Å². The number of anilines is 1. The molecule has 1 N–H and O–H groups in total. The number of hydrogen-bond donors (Lipinski definition) is 1. The number of ether oxygens (including phenoxy) is 1. The van der Waals surface area contributed by atoms with Crippen LogP contribution in [-0.2, 0) is 12.8 Å². The topological polar surface area (TPSA) is 34.2 Å². The van der Waals surface area contributed by atoms with Gasteiger partial charge in [0, 0.05) is 27.8 Å². The van der Waals surface area contributed by atoms with Gasteiger partial charge < -0.3 is 10.1 Å². The molecule has 2 aromatic rings. The van der Waals surface area contributed by atoms with Gasteiger partial charge in [-0.2, -0.15) is 0 Å². The lowest BCUT2D eigenvalue weighted by atomic mass is 9.92. The van der Waals surface area contributed by atoms with Crippen molar-refractivity contribution in [2.75, 3.05) is 19.0 Å². The van der Waals surface area contributed by atoms with Crippen molar-refractivity contribution >= 4 is 32.5 Å². The average Bonchev–Trinajstić information content (AvgIpc) is 2.47. The highest BCUT2D eigenvalue weighted by atomic mass is 79.9. The smallest absolute Gasteiger partial charge is 0.145 e. The van der Waals surface area contributed by atoms with Crippen LogP contribution in [0, 0.1) is 0 Å². The molecule has 106 valence electrons. The van der Waals surface area contributed by atoms with Crippen LogP contribution in [0.2, 0.25) is 0 Å². The number of nitrogens with zero attached hydrogens (tertiary/aromatic N) is 1. The zero-order valence-electron chi connectivity index (χ0n) is 11.9. The summed E-state index contributed by atoms with van der Waals surface area (Å²) < 4.78 is 6.57. The molecule has 1 heterocycles. The first-order chi connectivity index (χ1) is 9.76. The fourth-order valence-corrected chi connectivity index (χ4v) is 3.52. The van der Waals surface area contributed by atoms with E-state index in [2.05, 4.69) is 28.2 Å².